The van der Waals surface area contributed by atoms with E-state index in [0.29, 0.717) is 30.4 Å². The van der Waals surface area contributed by atoms with E-state index in [1.54, 1.807) is 19.2 Å². The quantitative estimate of drug-likeness (QED) is 0.729. The van der Waals surface area contributed by atoms with Gasteiger partial charge in [0.25, 0.3) is 0 Å². The van der Waals surface area contributed by atoms with Gasteiger partial charge in [-0.15, -0.1) is 0 Å². The molecule has 0 atom stereocenters. The number of nitrogens with two attached hydrogens (primary N) is 1. The number of nitrogens with zero attached hydrogens (tertiary/aromatic N) is 1. The van der Waals surface area contributed by atoms with Crippen LogP contribution in [0.25, 0.3) is 11.1 Å². The van der Waals surface area contributed by atoms with Gasteiger partial charge in [0.1, 0.15) is 17.9 Å². The van der Waals surface area contributed by atoms with Crippen LogP contribution in [0.5, 0.6) is 5.75 Å². The Morgan fingerprint density at radius 1 is 1.10 bits per heavy atom. The smallest absolute Gasteiger partial charge is 0.221 e. The lowest BCUT2D eigenvalue weighted by atomic mass is 10.2. The van der Waals surface area contributed by atoms with Crippen molar-refractivity contribution in [1.82, 2.24) is 4.98 Å². The lowest BCUT2D eigenvalue weighted by molar-refractivity contribution is 0.0906. The van der Waals surface area contributed by atoms with E-state index in [4.69, 9.17) is 19.6 Å². The van der Waals surface area contributed by atoms with Crippen molar-refractivity contribution in [3.63, 3.8) is 0 Å². The fourth-order valence-corrected chi connectivity index (χ4v) is 2.03. The second-order valence-electron chi connectivity index (χ2n) is 4.68. The van der Waals surface area contributed by atoms with Gasteiger partial charge in [0.2, 0.25) is 5.89 Å². The lowest BCUT2D eigenvalue weighted by Crippen LogP contribution is -1.94. The first-order chi connectivity index (χ1) is 10.2. The zero-order valence-electron chi connectivity index (χ0n) is 11.7. The zero-order chi connectivity index (χ0) is 14.7. The first kappa shape index (κ1) is 13.5. The summed E-state index contributed by atoms with van der Waals surface area (Å²) in [7, 11) is 1.64. The Hall–Kier alpha value is -2.53. The molecule has 3 rings (SSSR count). The van der Waals surface area contributed by atoms with E-state index in [-0.39, 0.29) is 0 Å². The number of anilines is 1. The molecule has 1 heterocycles. The van der Waals surface area contributed by atoms with Crippen LogP contribution in [0, 0.1) is 0 Å². The number of nitrogen functional groups attached to an aromatic ring is 1. The van der Waals surface area contributed by atoms with Gasteiger partial charge in [-0.25, -0.2) is 4.98 Å². The number of benzene rings is 2. The minimum Gasteiger partial charge on any atom is -0.497 e. The molecule has 0 aliphatic carbocycles. The molecule has 21 heavy (non-hydrogen) atoms. The van der Waals surface area contributed by atoms with E-state index < -0.39 is 0 Å². The number of hydrogen-bond acceptors (Lipinski definition) is 5. The molecule has 0 radical (unpaired) electrons. The van der Waals surface area contributed by atoms with Crippen molar-refractivity contribution in [1.29, 1.82) is 0 Å². The summed E-state index contributed by atoms with van der Waals surface area (Å²) < 4.78 is 16.3. The third-order valence-electron chi connectivity index (χ3n) is 3.11. The molecule has 1 aromatic heterocycles. The molecule has 0 saturated heterocycles. The molecule has 5 heteroatoms. The summed E-state index contributed by atoms with van der Waals surface area (Å²) in [6.07, 6.45) is 0. The first-order valence-electron chi connectivity index (χ1n) is 6.60. The van der Waals surface area contributed by atoms with Gasteiger partial charge in [-0.05, 0) is 35.9 Å². The summed E-state index contributed by atoms with van der Waals surface area (Å²) in [4.78, 5) is 4.34. The van der Waals surface area contributed by atoms with Crippen molar-refractivity contribution in [2.75, 3.05) is 12.8 Å². The average molecular weight is 284 g/mol. The Kier molecular flexibility index (Phi) is 3.75. The SMILES string of the molecule is COc1ccc(COCc2nc3cc(N)ccc3o2)cc1. The maximum atomic E-state index is 5.71. The third-order valence-corrected chi connectivity index (χ3v) is 3.11. The number of rotatable bonds is 5. The van der Waals surface area contributed by atoms with Crippen LogP contribution in [-0.2, 0) is 18.0 Å². The van der Waals surface area contributed by atoms with Crippen LogP contribution in [0.3, 0.4) is 0 Å². The van der Waals surface area contributed by atoms with Gasteiger partial charge >= 0.3 is 0 Å². The highest BCUT2D eigenvalue weighted by atomic mass is 16.5. The molecular weight excluding hydrogens is 268 g/mol. The monoisotopic (exact) mass is 284 g/mol. The second kappa shape index (κ2) is 5.85. The van der Waals surface area contributed by atoms with Crippen molar-refractivity contribution in [2.24, 2.45) is 0 Å². The second-order valence-corrected chi connectivity index (χ2v) is 4.68. The standard InChI is InChI=1S/C16H16N2O3/c1-19-13-5-2-11(3-6-13)9-20-10-16-18-14-8-12(17)4-7-15(14)21-16/h2-8H,9-10,17H2,1H3. The number of fused-ring (bicyclic) bond motifs is 1. The summed E-state index contributed by atoms with van der Waals surface area (Å²) in [6.45, 7) is 0.811. The molecule has 108 valence electrons. The highest BCUT2D eigenvalue weighted by Crippen LogP contribution is 2.19. The lowest BCUT2D eigenvalue weighted by Gasteiger charge is -2.03. The van der Waals surface area contributed by atoms with Crippen LogP contribution in [0.2, 0.25) is 0 Å². The topological polar surface area (TPSA) is 70.5 Å². The van der Waals surface area contributed by atoms with Gasteiger partial charge in [0.15, 0.2) is 5.58 Å². The van der Waals surface area contributed by atoms with Gasteiger partial charge in [0, 0.05) is 5.69 Å². The van der Waals surface area contributed by atoms with Crippen molar-refractivity contribution < 1.29 is 13.9 Å². The summed E-state index contributed by atoms with van der Waals surface area (Å²) in [6, 6.07) is 13.1. The van der Waals surface area contributed by atoms with Crippen LogP contribution >= 0.6 is 0 Å². The molecule has 3 aromatic rings. The molecule has 0 amide bonds. The van der Waals surface area contributed by atoms with E-state index in [0.717, 1.165) is 16.8 Å². The van der Waals surface area contributed by atoms with E-state index in [1.807, 2.05) is 30.3 Å². The van der Waals surface area contributed by atoms with Crippen molar-refractivity contribution in [3.05, 3.63) is 53.9 Å². The zero-order valence-corrected chi connectivity index (χ0v) is 11.7. The summed E-state index contributed by atoms with van der Waals surface area (Å²) >= 11 is 0. The Balaban J connectivity index is 1.60. The van der Waals surface area contributed by atoms with Crippen LogP contribution < -0.4 is 10.5 Å². The molecule has 0 fully saturated rings. The van der Waals surface area contributed by atoms with Gasteiger partial charge in [0.05, 0.1) is 13.7 Å². The minimum atomic E-state index is 0.320. The van der Waals surface area contributed by atoms with Crippen LogP contribution in [0.1, 0.15) is 11.5 Å². The predicted molar refractivity (Wildman–Crippen MR) is 79.9 cm³/mol. The number of methoxy groups -OCH3 is 1. The third kappa shape index (κ3) is 3.14. The molecule has 2 aromatic carbocycles. The molecular formula is C16H16N2O3. The number of oxazole rings is 1. The largest absolute Gasteiger partial charge is 0.497 e. The Bertz CT molecular complexity index is 735. The van der Waals surface area contributed by atoms with Gasteiger partial charge < -0.3 is 19.6 Å². The maximum absolute atomic E-state index is 5.71. The van der Waals surface area contributed by atoms with Crippen molar-refractivity contribution >= 4 is 16.8 Å². The van der Waals surface area contributed by atoms with E-state index >= 15 is 0 Å². The van der Waals surface area contributed by atoms with Gasteiger partial charge in [-0.1, -0.05) is 12.1 Å². The molecule has 2 N–H and O–H groups in total. The molecule has 0 spiro atoms. The normalized spacial score (nSPS) is 10.9. The van der Waals surface area contributed by atoms with Gasteiger partial charge in [-0.2, -0.15) is 0 Å². The highest BCUT2D eigenvalue weighted by molar-refractivity contribution is 5.76. The minimum absolute atomic E-state index is 0.320. The Labute approximate surface area is 122 Å². The summed E-state index contributed by atoms with van der Waals surface area (Å²) in [5.41, 5.74) is 8.91. The van der Waals surface area contributed by atoms with Gasteiger partial charge in [-0.3, -0.25) is 0 Å². The number of aromatic nitrogens is 1. The van der Waals surface area contributed by atoms with Crippen molar-refractivity contribution in [3.8, 4) is 5.75 Å². The van der Waals surface area contributed by atoms with Crippen LogP contribution in [0.15, 0.2) is 46.9 Å². The Morgan fingerprint density at radius 2 is 1.90 bits per heavy atom. The van der Waals surface area contributed by atoms with E-state index in [2.05, 4.69) is 4.98 Å². The predicted octanol–water partition coefficient (Wildman–Crippen LogP) is 3.14. The maximum Gasteiger partial charge on any atom is 0.221 e. The highest BCUT2D eigenvalue weighted by Gasteiger charge is 2.06. The van der Waals surface area contributed by atoms with E-state index in [1.165, 1.54) is 0 Å². The number of ether oxygens (including phenoxy) is 2. The number of hydrogen-bond donors (Lipinski definition) is 1. The molecule has 0 aliphatic heterocycles. The first-order valence-corrected chi connectivity index (χ1v) is 6.60. The van der Waals surface area contributed by atoms with E-state index in [9.17, 15) is 0 Å². The molecule has 0 aliphatic rings. The average Bonchev–Trinajstić information content (AvgIpc) is 2.89. The molecule has 0 unspecified atom stereocenters. The summed E-state index contributed by atoms with van der Waals surface area (Å²) in [5.74, 6) is 1.37. The van der Waals surface area contributed by atoms with Crippen molar-refractivity contribution in [2.45, 2.75) is 13.2 Å². The molecule has 0 saturated carbocycles. The van der Waals surface area contributed by atoms with Crippen LogP contribution in [-0.4, -0.2) is 12.1 Å². The Morgan fingerprint density at radius 3 is 2.67 bits per heavy atom. The molecule has 0 bridgehead atoms. The summed E-state index contributed by atoms with van der Waals surface area (Å²) in [5, 5.41) is 0. The fourth-order valence-electron chi connectivity index (χ4n) is 2.03. The molecule has 5 nitrogen and oxygen atoms in total. The van der Waals surface area contributed by atoms with Crippen LogP contribution in [0.4, 0.5) is 5.69 Å². The fraction of sp³-hybridized carbons (Fsp3) is 0.188.